The average molecular weight is 271 g/mol. The molecule has 0 atom stereocenters. The standard InChI is InChI=1S/C14H9NO3S/c16-13-12(8-10-6-7-18-9-10)19-14(17)15(13)11-4-2-1-3-5-11/h1-9H. The fourth-order valence-electron chi connectivity index (χ4n) is 1.78. The minimum atomic E-state index is -0.303. The summed E-state index contributed by atoms with van der Waals surface area (Å²) in [4.78, 5) is 25.7. The van der Waals surface area contributed by atoms with Crippen molar-refractivity contribution in [2.75, 3.05) is 4.90 Å². The molecule has 19 heavy (non-hydrogen) atoms. The van der Waals surface area contributed by atoms with Gasteiger partial charge in [-0.05, 0) is 36.0 Å². The molecule has 94 valence electrons. The number of rotatable bonds is 2. The van der Waals surface area contributed by atoms with Crippen molar-refractivity contribution in [1.29, 1.82) is 0 Å². The lowest BCUT2D eigenvalue weighted by Gasteiger charge is -2.11. The van der Waals surface area contributed by atoms with Crippen LogP contribution in [0.5, 0.6) is 0 Å². The Hall–Kier alpha value is -2.27. The highest BCUT2D eigenvalue weighted by atomic mass is 32.2. The van der Waals surface area contributed by atoms with Crippen LogP contribution in [0.2, 0.25) is 0 Å². The number of hydrogen-bond donors (Lipinski definition) is 0. The summed E-state index contributed by atoms with van der Waals surface area (Å²) >= 11 is 0.932. The predicted molar refractivity (Wildman–Crippen MR) is 73.6 cm³/mol. The van der Waals surface area contributed by atoms with Crippen molar-refractivity contribution >= 4 is 34.7 Å². The molecule has 0 N–H and O–H groups in total. The Labute approximate surface area is 113 Å². The molecule has 1 aliphatic rings. The Balaban J connectivity index is 1.94. The van der Waals surface area contributed by atoms with E-state index in [1.807, 2.05) is 6.07 Å². The van der Waals surface area contributed by atoms with E-state index >= 15 is 0 Å². The molecule has 2 amide bonds. The van der Waals surface area contributed by atoms with E-state index < -0.39 is 0 Å². The number of para-hydroxylation sites is 1. The summed E-state index contributed by atoms with van der Waals surface area (Å²) < 4.78 is 4.93. The van der Waals surface area contributed by atoms with Gasteiger partial charge in [-0.1, -0.05) is 18.2 Å². The summed E-state index contributed by atoms with van der Waals surface area (Å²) in [5, 5.41) is -0.286. The maximum Gasteiger partial charge on any atom is 0.298 e. The van der Waals surface area contributed by atoms with Gasteiger partial charge in [0.15, 0.2) is 0 Å². The van der Waals surface area contributed by atoms with E-state index in [4.69, 9.17) is 4.42 Å². The zero-order valence-corrected chi connectivity index (χ0v) is 10.6. The Kier molecular flexibility index (Phi) is 2.97. The Morgan fingerprint density at radius 3 is 2.58 bits per heavy atom. The average Bonchev–Trinajstić information content (AvgIpc) is 3.01. The second-order valence-corrected chi connectivity index (χ2v) is 4.90. The highest BCUT2D eigenvalue weighted by Gasteiger charge is 2.36. The minimum Gasteiger partial charge on any atom is -0.472 e. The molecule has 0 spiro atoms. The van der Waals surface area contributed by atoms with Crippen LogP contribution in [0.15, 0.2) is 58.2 Å². The Morgan fingerprint density at radius 1 is 1.11 bits per heavy atom. The maximum atomic E-state index is 12.2. The van der Waals surface area contributed by atoms with E-state index in [9.17, 15) is 9.59 Å². The number of thioether (sulfide) groups is 1. The number of amides is 2. The van der Waals surface area contributed by atoms with Crippen LogP contribution in [-0.4, -0.2) is 11.1 Å². The van der Waals surface area contributed by atoms with Crippen LogP contribution in [0.4, 0.5) is 10.5 Å². The molecule has 5 heteroatoms. The van der Waals surface area contributed by atoms with Crippen LogP contribution >= 0.6 is 11.8 Å². The first kappa shape index (κ1) is 11.8. The molecule has 1 saturated heterocycles. The lowest BCUT2D eigenvalue weighted by molar-refractivity contribution is -0.113. The SMILES string of the molecule is O=C1SC(=Cc2ccoc2)C(=O)N1c1ccccc1. The van der Waals surface area contributed by atoms with Crippen molar-refractivity contribution in [1.82, 2.24) is 0 Å². The van der Waals surface area contributed by atoms with Crippen LogP contribution < -0.4 is 4.90 Å². The second kappa shape index (κ2) is 4.78. The van der Waals surface area contributed by atoms with Crippen molar-refractivity contribution in [3.05, 3.63) is 59.4 Å². The van der Waals surface area contributed by atoms with Gasteiger partial charge in [-0.2, -0.15) is 0 Å². The van der Waals surface area contributed by atoms with Crippen molar-refractivity contribution in [3.63, 3.8) is 0 Å². The summed E-state index contributed by atoms with van der Waals surface area (Å²) in [5.41, 5.74) is 1.35. The quantitative estimate of drug-likeness (QED) is 0.784. The highest BCUT2D eigenvalue weighted by molar-refractivity contribution is 8.19. The lowest BCUT2D eigenvalue weighted by atomic mass is 10.2. The van der Waals surface area contributed by atoms with Gasteiger partial charge < -0.3 is 4.42 Å². The fraction of sp³-hybridized carbons (Fsp3) is 0. The molecule has 1 fully saturated rings. The number of imide groups is 1. The molecule has 2 aromatic rings. The molecule has 0 saturated carbocycles. The smallest absolute Gasteiger partial charge is 0.298 e. The third-order valence-corrected chi connectivity index (χ3v) is 3.52. The van der Waals surface area contributed by atoms with Gasteiger partial charge in [-0.3, -0.25) is 9.59 Å². The maximum absolute atomic E-state index is 12.2. The molecule has 0 bridgehead atoms. The van der Waals surface area contributed by atoms with Gasteiger partial charge in [0.05, 0.1) is 23.1 Å². The number of nitrogens with zero attached hydrogens (tertiary/aromatic N) is 1. The zero-order chi connectivity index (χ0) is 13.2. The summed E-state index contributed by atoms with van der Waals surface area (Å²) in [6.45, 7) is 0. The first-order chi connectivity index (χ1) is 9.25. The van der Waals surface area contributed by atoms with E-state index in [1.165, 1.54) is 17.4 Å². The van der Waals surface area contributed by atoms with Crippen molar-refractivity contribution < 1.29 is 14.0 Å². The van der Waals surface area contributed by atoms with Crippen LogP contribution in [-0.2, 0) is 4.79 Å². The van der Waals surface area contributed by atoms with Gasteiger partial charge in [0, 0.05) is 5.56 Å². The van der Waals surface area contributed by atoms with Gasteiger partial charge in [0.25, 0.3) is 11.1 Å². The summed E-state index contributed by atoms with van der Waals surface area (Å²) in [5.74, 6) is -0.303. The molecule has 2 heterocycles. The first-order valence-corrected chi connectivity index (χ1v) is 6.42. The third-order valence-electron chi connectivity index (χ3n) is 2.65. The van der Waals surface area contributed by atoms with Gasteiger partial charge in [-0.25, -0.2) is 4.90 Å². The molecular formula is C14H9NO3S. The summed E-state index contributed by atoms with van der Waals surface area (Å²) in [6.07, 6.45) is 4.70. The zero-order valence-electron chi connectivity index (χ0n) is 9.78. The normalized spacial score (nSPS) is 17.5. The number of anilines is 1. The van der Waals surface area contributed by atoms with Crippen molar-refractivity contribution in [2.45, 2.75) is 0 Å². The van der Waals surface area contributed by atoms with Gasteiger partial charge >= 0.3 is 0 Å². The molecule has 1 aromatic carbocycles. The van der Waals surface area contributed by atoms with E-state index in [-0.39, 0.29) is 11.1 Å². The number of furan rings is 1. The second-order valence-electron chi connectivity index (χ2n) is 3.91. The molecule has 1 aliphatic heterocycles. The molecule has 1 aromatic heterocycles. The largest absolute Gasteiger partial charge is 0.472 e. The first-order valence-electron chi connectivity index (χ1n) is 5.61. The topological polar surface area (TPSA) is 50.5 Å². The van der Waals surface area contributed by atoms with Crippen LogP contribution in [0, 0.1) is 0 Å². The monoisotopic (exact) mass is 271 g/mol. The van der Waals surface area contributed by atoms with E-state index in [0.717, 1.165) is 17.3 Å². The molecule has 0 unspecified atom stereocenters. The van der Waals surface area contributed by atoms with Gasteiger partial charge in [0.1, 0.15) is 0 Å². The molecule has 3 rings (SSSR count). The van der Waals surface area contributed by atoms with Crippen LogP contribution in [0.1, 0.15) is 5.56 Å². The molecule has 0 aliphatic carbocycles. The van der Waals surface area contributed by atoms with Crippen molar-refractivity contribution in [2.24, 2.45) is 0 Å². The molecular weight excluding hydrogens is 262 g/mol. The Morgan fingerprint density at radius 2 is 1.89 bits per heavy atom. The highest BCUT2D eigenvalue weighted by Crippen LogP contribution is 2.35. The Bertz CT molecular complexity index is 647. The number of carbonyl (C=O) groups excluding carboxylic acids is 2. The molecule has 0 radical (unpaired) electrons. The minimum absolute atomic E-state index is 0.286. The van der Waals surface area contributed by atoms with Crippen LogP contribution in [0.25, 0.3) is 6.08 Å². The van der Waals surface area contributed by atoms with E-state index in [1.54, 1.807) is 36.4 Å². The van der Waals surface area contributed by atoms with E-state index in [2.05, 4.69) is 0 Å². The third kappa shape index (κ3) is 2.20. The molecule has 4 nitrogen and oxygen atoms in total. The number of carbonyl (C=O) groups is 2. The summed E-state index contributed by atoms with van der Waals surface area (Å²) in [7, 11) is 0. The summed E-state index contributed by atoms with van der Waals surface area (Å²) in [6, 6.07) is 10.6. The van der Waals surface area contributed by atoms with Crippen LogP contribution in [0.3, 0.4) is 0 Å². The van der Waals surface area contributed by atoms with E-state index in [0.29, 0.717) is 10.6 Å². The predicted octanol–water partition coefficient (Wildman–Crippen LogP) is 3.52. The fourth-order valence-corrected chi connectivity index (χ4v) is 2.62. The number of hydrogen-bond acceptors (Lipinski definition) is 4. The van der Waals surface area contributed by atoms with Gasteiger partial charge in [0.2, 0.25) is 0 Å². The van der Waals surface area contributed by atoms with Crippen molar-refractivity contribution in [3.8, 4) is 0 Å². The van der Waals surface area contributed by atoms with Gasteiger partial charge in [-0.15, -0.1) is 0 Å². The number of benzene rings is 1. The lowest BCUT2D eigenvalue weighted by Crippen LogP contribution is -2.27.